The summed E-state index contributed by atoms with van der Waals surface area (Å²) in [7, 11) is 0. The quantitative estimate of drug-likeness (QED) is 0.729. The summed E-state index contributed by atoms with van der Waals surface area (Å²) in [5.74, 6) is -1.24. The number of aliphatic hydroxyl groups is 1. The Hall–Kier alpha value is -3.06. The van der Waals surface area contributed by atoms with Crippen molar-refractivity contribution in [2.75, 3.05) is 5.32 Å². The van der Waals surface area contributed by atoms with Crippen molar-refractivity contribution < 1.29 is 27.8 Å². The molecule has 4 nitrogen and oxygen atoms in total. The Bertz CT molecular complexity index is 1030. The van der Waals surface area contributed by atoms with Crippen LogP contribution in [0.2, 0.25) is 0 Å². The minimum absolute atomic E-state index is 0.0135. The zero-order chi connectivity index (χ0) is 18.5. The van der Waals surface area contributed by atoms with Crippen molar-refractivity contribution >= 4 is 22.4 Å². The molecule has 0 fully saturated rings. The predicted molar refractivity (Wildman–Crippen MR) is 88.7 cm³/mol. The molecular weight excluding hydrogens is 347 g/mol. The number of hydrogen-bond acceptors (Lipinski definition) is 3. The van der Waals surface area contributed by atoms with Gasteiger partial charge in [0.15, 0.2) is 5.60 Å². The lowest BCUT2D eigenvalue weighted by molar-refractivity contribution is -0.274. The van der Waals surface area contributed by atoms with E-state index in [1.54, 1.807) is 18.2 Å². The fourth-order valence-corrected chi connectivity index (χ4v) is 3.16. The highest BCUT2D eigenvalue weighted by atomic mass is 19.4. The number of benzene rings is 3. The van der Waals surface area contributed by atoms with Crippen molar-refractivity contribution in [1.82, 2.24) is 0 Å². The van der Waals surface area contributed by atoms with Crippen LogP contribution in [0.25, 0.3) is 10.8 Å². The van der Waals surface area contributed by atoms with Gasteiger partial charge in [-0.05, 0) is 40.6 Å². The van der Waals surface area contributed by atoms with Crippen LogP contribution in [-0.2, 0) is 10.4 Å². The number of hydrogen-bond donors (Lipinski definition) is 2. The molecule has 0 aliphatic carbocycles. The van der Waals surface area contributed by atoms with Crippen molar-refractivity contribution in [2.45, 2.75) is 12.0 Å². The first-order valence-corrected chi connectivity index (χ1v) is 7.71. The average Bonchev–Trinajstić information content (AvgIpc) is 2.85. The molecule has 1 aliphatic rings. The van der Waals surface area contributed by atoms with Crippen LogP contribution in [0.4, 0.5) is 18.9 Å². The Morgan fingerprint density at radius 1 is 0.962 bits per heavy atom. The second kappa shape index (κ2) is 5.47. The first-order chi connectivity index (χ1) is 12.3. The Labute approximate surface area is 145 Å². The maximum Gasteiger partial charge on any atom is 0.573 e. The fraction of sp³-hybridized carbons (Fsp3) is 0.105. The van der Waals surface area contributed by atoms with Crippen LogP contribution in [0.3, 0.4) is 0 Å². The fourth-order valence-electron chi connectivity index (χ4n) is 3.16. The summed E-state index contributed by atoms with van der Waals surface area (Å²) in [4.78, 5) is 12.5. The van der Waals surface area contributed by atoms with Crippen molar-refractivity contribution in [3.05, 3.63) is 71.8 Å². The lowest BCUT2D eigenvalue weighted by Gasteiger charge is -2.22. The molecular formula is C19H12F3NO3. The van der Waals surface area contributed by atoms with Crippen LogP contribution in [0.5, 0.6) is 5.75 Å². The highest BCUT2D eigenvalue weighted by Gasteiger charge is 2.47. The van der Waals surface area contributed by atoms with Gasteiger partial charge in [-0.25, -0.2) is 0 Å². The van der Waals surface area contributed by atoms with Crippen LogP contribution >= 0.6 is 0 Å². The summed E-state index contributed by atoms with van der Waals surface area (Å²) in [6.45, 7) is 0. The van der Waals surface area contributed by atoms with E-state index in [2.05, 4.69) is 10.1 Å². The topological polar surface area (TPSA) is 58.6 Å². The van der Waals surface area contributed by atoms with Gasteiger partial charge >= 0.3 is 6.36 Å². The largest absolute Gasteiger partial charge is 0.573 e. The van der Waals surface area contributed by atoms with Gasteiger partial charge in [0, 0.05) is 11.3 Å². The number of alkyl halides is 3. The Balaban J connectivity index is 1.85. The summed E-state index contributed by atoms with van der Waals surface area (Å²) in [5.41, 5.74) is -1.60. The molecule has 132 valence electrons. The summed E-state index contributed by atoms with van der Waals surface area (Å²) in [6.07, 6.45) is -4.87. The molecule has 3 aromatic rings. The monoisotopic (exact) mass is 359 g/mol. The molecule has 0 saturated heterocycles. The first kappa shape index (κ1) is 16.4. The minimum Gasteiger partial charge on any atom is -0.406 e. The predicted octanol–water partition coefficient (Wildman–Crippen LogP) is 3.93. The van der Waals surface area contributed by atoms with Gasteiger partial charge in [0.1, 0.15) is 5.75 Å². The normalized spacial score (nSPS) is 19.3. The van der Waals surface area contributed by atoms with Gasteiger partial charge in [-0.15, -0.1) is 13.2 Å². The third kappa shape index (κ3) is 2.57. The van der Waals surface area contributed by atoms with Crippen LogP contribution in [0.1, 0.15) is 11.1 Å². The van der Waals surface area contributed by atoms with Crippen molar-refractivity contribution in [3.63, 3.8) is 0 Å². The van der Waals surface area contributed by atoms with Crippen LogP contribution < -0.4 is 10.1 Å². The Morgan fingerprint density at radius 2 is 1.69 bits per heavy atom. The highest BCUT2D eigenvalue weighted by molar-refractivity contribution is 6.07. The van der Waals surface area contributed by atoms with E-state index in [9.17, 15) is 23.1 Å². The van der Waals surface area contributed by atoms with Crippen LogP contribution in [0, 0.1) is 0 Å². The average molecular weight is 359 g/mol. The summed E-state index contributed by atoms with van der Waals surface area (Å²) < 4.78 is 41.4. The van der Waals surface area contributed by atoms with Crippen LogP contribution in [-0.4, -0.2) is 17.4 Å². The second-order valence-electron chi connectivity index (χ2n) is 5.98. The van der Waals surface area contributed by atoms with Gasteiger partial charge in [-0.1, -0.05) is 36.4 Å². The van der Waals surface area contributed by atoms with E-state index in [4.69, 9.17) is 0 Å². The molecule has 1 heterocycles. The Kier molecular flexibility index (Phi) is 3.45. The van der Waals surface area contributed by atoms with E-state index >= 15 is 0 Å². The molecule has 0 saturated carbocycles. The van der Waals surface area contributed by atoms with Crippen molar-refractivity contribution in [1.29, 1.82) is 0 Å². The smallest absolute Gasteiger partial charge is 0.406 e. The lowest BCUT2D eigenvalue weighted by atomic mass is 9.86. The number of nitrogens with one attached hydrogen (secondary N) is 1. The first-order valence-electron chi connectivity index (χ1n) is 7.71. The van der Waals surface area contributed by atoms with E-state index < -0.39 is 23.6 Å². The van der Waals surface area contributed by atoms with Gasteiger partial charge in [0.25, 0.3) is 5.91 Å². The molecule has 0 spiro atoms. The lowest BCUT2D eigenvalue weighted by Crippen LogP contribution is -2.35. The molecule has 1 amide bonds. The van der Waals surface area contributed by atoms with E-state index in [1.165, 1.54) is 6.07 Å². The zero-order valence-corrected chi connectivity index (χ0v) is 13.2. The van der Waals surface area contributed by atoms with Crippen molar-refractivity contribution in [3.8, 4) is 5.75 Å². The highest BCUT2D eigenvalue weighted by Crippen LogP contribution is 2.43. The molecule has 7 heteroatoms. The maximum atomic E-state index is 12.5. The SMILES string of the molecule is O=C1Nc2ccc(OC(F)(F)F)cc2[C@@]1(O)c1ccc2ccccc2c1. The molecule has 0 radical (unpaired) electrons. The third-order valence-corrected chi connectivity index (χ3v) is 4.36. The maximum absolute atomic E-state index is 12.5. The molecule has 1 aliphatic heterocycles. The number of anilines is 1. The van der Waals surface area contributed by atoms with Crippen molar-refractivity contribution in [2.24, 2.45) is 0 Å². The molecule has 3 aromatic carbocycles. The Morgan fingerprint density at radius 3 is 2.42 bits per heavy atom. The number of carbonyl (C=O) groups excluding carboxylic acids is 1. The number of amides is 1. The molecule has 1 atom stereocenters. The van der Waals surface area contributed by atoms with Gasteiger partial charge < -0.3 is 15.2 Å². The molecule has 2 N–H and O–H groups in total. The molecule has 4 rings (SSSR count). The molecule has 0 aromatic heterocycles. The second-order valence-corrected chi connectivity index (χ2v) is 5.98. The van der Waals surface area contributed by atoms with Gasteiger partial charge in [-0.3, -0.25) is 4.79 Å². The molecule has 26 heavy (non-hydrogen) atoms. The van der Waals surface area contributed by atoms with Gasteiger partial charge in [0.2, 0.25) is 0 Å². The van der Waals surface area contributed by atoms with Gasteiger partial charge in [-0.2, -0.15) is 0 Å². The molecule has 0 bridgehead atoms. The number of carbonyl (C=O) groups is 1. The standard InChI is InChI=1S/C19H12F3NO3/c20-19(21,22)26-14-7-8-16-15(10-14)18(25,17(24)23-16)13-6-5-11-3-1-2-4-12(11)9-13/h1-10,25H,(H,23,24)/t18-/m0/s1. The summed E-state index contributed by atoms with van der Waals surface area (Å²) in [5, 5.41) is 15.3. The van der Waals surface area contributed by atoms with Gasteiger partial charge in [0.05, 0.1) is 0 Å². The van der Waals surface area contributed by atoms with E-state index in [0.29, 0.717) is 0 Å². The number of rotatable bonds is 2. The minimum atomic E-state index is -4.87. The van der Waals surface area contributed by atoms with E-state index in [-0.39, 0.29) is 16.8 Å². The van der Waals surface area contributed by atoms with E-state index in [1.807, 2.05) is 24.3 Å². The van der Waals surface area contributed by atoms with Crippen LogP contribution in [0.15, 0.2) is 60.7 Å². The number of halogens is 3. The third-order valence-electron chi connectivity index (χ3n) is 4.36. The van der Waals surface area contributed by atoms with E-state index in [0.717, 1.165) is 22.9 Å². The molecule has 0 unspecified atom stereocenters. The summed E-state index contributed by atoms with van der Waals surface area (Å²) in [6, 6.07) is 15.7. The summed E-state index contributed by atoms with van der Waals surface area (Å²) >= 11 is 0. The number of ether oxygens (including phenoxy) is 1. The zero-order valence-electron chi connectivity index (χ0n) is 13.2. The number of fused-ring (bicyclic) bond motifs is 2.